The summed E-state index contributed by atoms with van der Waals surface area (Å²) in [7, 11) is 1.33. The number of alkyl halides is 2. The van der Waals surface area contributed by atoms with Crippen LogP contribution in [0.25, 0.3) is 0 Å². The molecule has 0 spiro atoms. The zero-order chi connectivity index (χ0) is 10.7. The van der Waals surface area contributed by atoms with Crippen LogP contribution in [0.1, 0.15) is 17.7 Å². The van der Waals surface area contributed by atoms with Gasteiger partial charge in [-0.25, -0.2) is 8.78 Å². The molecule has 0 unspecified atom stereocenters. The second-order valence-corrected chi connectivity index (χ2v) is 3.67. The Morgan fingerprint density at radius 3 is 2.71 bits per heavy atom. The van der Waals surface area contributed by atoms with Crippen molar-refractivity contribution in [2.24, 2.45) is 5.73 Å². The van der Waals surface area contributed by atoms with Crippen LogP contribution >= 0.6 is 22.6 Å². The second-order valence-electron chi connectivity index (χ2n) is 2.51. The summed E-state index contributed by atoms with van der Waals surface area (Å²) >= 11 is 1.98. The minimum Gasteiger partial charge on any atom is -0.494 e. The lowest BCUT2D eigenvalue weighted by Crippen LogP contribution is -2.07. The number of hydrogen-bond acceptors (Lipinski definition) is 3. The Morgan fingerprint density at radius 1 is 1.64 bits per heavy atom. The van der Waals surface area contributed by atoms with Gasteiger partial charge in [-0.05, 0) is 22.6 Å². The molecule has 0 fully saturated rings. The molecular weight excluding hydrogens is 305 g/mol. The van der Waals surface area contributed by atoms with Crippen LogP contribution in [-0.2, 0) is 6.54 Å². The summed E-state index contributed by atoms with van der Waals surface area (Å²) in [5.74, 6) is 0.0920. The van der Waals surface area contributed by atoms with Crippen LogP contribution in [0.2, 0.25) is 0 Å². The molecule has 0 saturated carbocycles. The molecule has 0 saturated heterocycles. The summed E-state index contributed by atoms with van der Waals surface area (Å²) < 4.78 is 30.6. The molecule has 0 aliphatic carbocycles. The molecule has 78 valence electrons. The van der Waals surface area contributed by atoms with Crippen molar-refractivity contribution in [3.8, 4) is 5.75 Å². The number of hydrogen-bond donors (Lipinski definition) is 1. The van der Waals surface area contributed by atoms with E-state index in [9.17, 15) is 8.78 Å². The fraction of sp³-hybridized carbons (Fsp3) is 0.375. The Labute approximate surface area is 93.8 Å². The van der Waals surface area contributed by atoms with E-state index in [0.29, 0.717) is 5.56 Å². The van der Waals surface area contributed by atoms with E-state index in [1.165, 1.54) is 13.3 Å². The van der Waals surface area contributed by atoms with Crippen molar-refractivity contribution in [1.29, 1.82) is 0 Å². The first-order chi connectivity index (χ1) is 6.61. The molecule has 0 atom stereocenters. The Balaban J connectivity index is 3.33. The predicted octanol–water partition coefficient (Wildman–Crippen LogP) is 2.09. The number of nitrogens with zero attached hydrogens (tertiary/aromatic N) is 1. The van der Waals surface area contributed by atoms with Gasteiger partial charge in [-0.2, -0.15) is 0 Å². The standard InChI is InChI=1S/C8H9F2IN2O/c1-14-7-4(2-12)5(11)3-13-6(7)8(9)10/h3,8H,2,12H2,1H3. The molecule has 1 heterocycles. The van der Waals surface area contributed by atoms with Gasteiger partial charge in [-0.3, -0.25) is 4.98 Å². The minimum atomic E-state index is -2.65. The molecule has 0 amide bonds. The molecule has 3 nitrogen and oxygen atoms in total. The first-order valence-electron chi connectivity index (χ1n) is 3.81. The van der Waals surface area contributed by atoms with Crippen LogP contribution in [0, 0.1) is 3.57 Å². The summed E-state index contributed by atoms with van der Waals surface area (Å²) in [5, 5.41) is 0. The van der Waals surface area contributed by atoms with Crippen LogP contribution in [0.3, 0.4) is 0 Å². The van der Waals surface area contributed by atoms with Gasteiger partial charge >= 0.3 is 0 Å². The van der Waals surface area contributed by atoms with Gasteiger partial charge in [-0.1, -0.05) is 0 Å². The predicted molar refractivity (Wildman–Crippen MR) is 56.4 cm³/mol. The van der Waals surface area contributed by atoms with Crippen molar-refractivity contribution in [1.82, 2.24) is 4.98 Å². The lowest BCUT2D eigenvalue weighted by molar-refractivity contribution is 0.141. The van der Waals surface area contributed by atoms with Gasteiger partial charge in [0, 0.05) is 21.9 Å². The van der Waals surface area contributed by atoms with Crippen molar-refractivity contribution < 1.29 is 13.5 Å². The molecule has 0 bridgehead atoms. The highest BCUT2D eigenvalue weighted by molar-refractivity contribution is 14.1. The quantitative estimate of drug-likeness (QED) is 0.869. The third-order valence-corrected chi connectivity index (χ3v) is 2.66. The van der Waals surface area contributed by atoms with E-state index in [-0.39, 0.29) is 18.0 Å². The van der Waals surface area contributed by atoms with E-state index >= 15 is 0 Å². The van der Waals surface area contributed by atoms with Crippen LogP contribution in [0.4, 0.5) is 8.78 Å². The molecule has 0 aliphatic rings. The van der Waals surface area contributed by atoms with Crippen LogP contribution in [-0.4, -0.2) is 12.1 Å². The fourth-order valence-electron chi connectivity index (χ4n) is 1.10. The molecule has 0 radical (unpaired) electrons. The maximum atomic E-state index is 12.5. The monoisotopic (exact) mass is 314 g/mol. The molecule has 1 rings (SSSR count). The third-order valence-electron chi connectivity index (χ3n) is 1.73. The average Bonchev–Trinajstić information content (AvgIpc) is 2.16. The van der Waals surface area contributed by atoms with Crippen LogP contribution < -0.4 is 10.5 Å². The molecule has 1 aromatic heterocycles. The zero-order valence-corrected chi connectivity index (χ0v) is 9.59. The summed E-state index contributed by atoms with van der Waals surface area (Å²) in [5.41, 5.74) is 5.65. The number of halogens is 3. The maximum Gasteiger partial charge on any atom is 0.284 e. The molecule has 6 heteroatoms. The fourth-order valence-corrected chi connectivity index (χ4v) is 1.70. The molecule has 2 N–H and O–H groups in total. The second kappa shape index (κ2) is 4.83. The molecular formula is C8H9F2IN2O. The third kappa shape index (κ3) is 2.11. The van der Waals surface area contributed by atoms with E-state index < -0.39 is 6.43 Å². The highest BCUT2D eigenvalue weighted by Crippen LogP contribution is 2.32. The Hall–Kier alpha value is -0.500. The highest BCUT2D eigenvalue weighted by Gasteiger charge is 2.20. The van der Waals surface area contributed by atoms with Gasteiger partial charge < -0.3 is 10.5 Å². The topological polar surface area (TPSA) is 48.1 Å². The van der Waals surface area contributed by atoms with Crippen LogP contribution in [0.15, 0.2) is 6.20 Å². The first-order valence-corrected chi connectivity index (χ1v) is 4.89. The van der Waals surface area contributed by atoms with Gasteiger partial charge in [0.05, 0.1) is 7.11 Å². The normalized spacial score (nSPS) is 10.7. The lowest BCUT2D eigenvalue weighted by Gasteiger charge is -2.12. The Morgan fingerprint density at radius 2 is 2.29 bits per heavy atom. The molecule has 0 aliphatic heterocycles. The lowest BCUT2D eigenvalue weighted by atomic mass is 10.2. The van der Waals surface area contributed by atoms with Gasteiger partial charge in [0.1, 0.15) is 5.69 Å². The van der Waals surface area contributed by atoms with E-state index in [1.807, 2.05) is 22.6 Å². The molecule has 1 aromatic rings. The zero-order valence-electron chi connectivity index (χ0n) is 7.43. The Bertz CT molecular complexity index is 333. The van der Waals surface area contributed by atoms with Gasteiger partial charge in [0.15, 0.2) is 5.75 Å². The van der Waals surface area contributed by atoms with E-state index in [1.54, 1.807) is 0 Å². The number of ether oxygens (including phenoxy) is 1. The Kier molecular flexibility index (Phi) is 3.99. The maximum absolute atomic E-state index is 12.5. The van der Waals surface area contributed by atoms with Gasteiger partial charge in [0.25, 0.3) is 6.43 Å². The SMILES string of the molecule is COc1c(C(F)F)ncc(I)c1CN. The number of methoxy groups -OCH3 is 1. The van der Waals surface area contributed by atoms with Crippen molar-refractivity contribution >= 4 is 22.6 Å². The number of rotatable bonds is 3. The number of nitrogens with two attached hydrogens (primary N) is 1. The van der Waals surface area contributed by atoms with Crippen molar-refractivity contribution in [3.63, 3.8) is 0 Å². The van der Waals surface area contributed by atoms with Gasteiger partial charge in [-0.15, -0.1) is 0 Å². The van der Waals surface area contributed by atoms with E-state index in [2.05, 4.69) is 4.98 Å². The smallest absolute Gasteiger partial charge is 0.284 e. The van der Waals surface area contributed by atoms with Crippen molar-refractivity contribution in [3.05, 3.63) is 21.0 Å². The molecule has 14 heavy (non-hydrogen) atoms. The summed E-state index contributed by atoms with van der Waals surface area (Å²) in [6, 6.07) is 0. The molecule has 0 aromatic carbocycles. The van der Waals surface area contributed by atoms with E-state index in [4.69, 9.17) is 10.5 Å². The van der Waals surface area contributed by atoms with Gasteiger partial charge in [0.2, 0.25) is 0 Å². The summed E-state index contributed by atoms with van der Waals surface area (Å²) in [6.07, 6.45) is -1.28. The average molecular weight is 314 g/mol. The number of pyridine rings is 1. The number of aromatic nitrogens is 1. The largest absolute Gasteiger partial charge is 0.494 e. The van der Waals surface area contributed by atoms with Crippen molar-refractivity contribution in [2.75, 3.05) is 7.11 Å². The summed E-state index contributed by atoms with van der Waals surface area (Å²) in [4.78, 5) is 3.62. The van der Waals surface area contributed by atoms with E-state index in [0.717, 1.165) is 3.57 Å². The first kappa shape index (κ1) is 11.6. The minimum absolute atomic E-state index is 0.0920. The van der Waals surface area contributed by atoms with Crippen molar-refractivity contribution in [2.45, 2.75) is 13.0 Å². The summed E-state index contributed by atoms with van der Waals surface area (Å²) in [6.45, 7) is 0.156. The highest BCUT2D eigenvalue weighted by atomic mass is 127. The van der Waals surface area contributed by atoms with Crippen LogP contribution in [0.5, 0.6) is 5.75 Å².